The summed E-state index contributed by atoms with van der Waals surface area (Å²) in [4.78, 5) is 2.48. The summed E-state index contributed by atoms with van der Waals surface area (Å²) in [7, 11) is 0. The molecule has 0 spiro atoms. The van der Waals surface area contributed by atoms with Crippen molar-refractivity contribution in [1.29, 1.82) is 0 Å². The minimum absolute atomic E-state index is 0.459. The lowest BCUT2D eigenvalue weighted by Gasteiger charge is -2.39. The maximum absolute atomic E-state index is 10.9. The number of piperidine rings is 1. The van der Waals surface area contributed by atoms with Crippen LogP contribution in [0.3, 0.4) is 0 Å². The molecule has 2 heteroatoms. The molecule has 2 fully saturated rings. The molecule has 3 unspecified atom stereocenters. The number of rotatable bonds is 2. The van der Waals surface area contributed by atoms with E-state index in [4.69, 9.17) is 0 Å². The number of hydrogen-bond donors (Lipinski definition) is 1. The highest BCUT2D eigenvalue weighted by atomic mass is 16.3. The van der Waals surface area contributed by atoms with Crippen LogP contribution in [0.5, 0.6) is 0 Å². The van der Waals surface area contributed by atoms with Crippen LogP contribution in [0.2, 0.25) is 0 Å². The first-order valence-corrected chi connectivity index (χ1v) is 6.67. The molecular formula is C15H21NO. The van der Waals surface area contributed by atoms with Gasteiger partial charge in [-0.3, -0.25) is 0 Å². The molecule has 2 aliphatic heterocycles. The Morgan fingerprint density at radius 3 is 3.00 bits per heavy atom. The predicted molar refractivity (Wildman–Crippen MR) is 69.0 cm³/mol. The van der Waals surface area contributed by atoms with E-state index in [2.05, 4.69) is 36.1 Å². The third-order valence-electron chi connectivity index (χ3n) is 4.65. The lowest BCUT2D eigenvalue weighted by molar-refractivity contribution is -0.0439. The summed E-state index contributed by atoms with van der Waals surface area (Å²) in [6.07, 6.45) is 2.94. The summed E-state index contributed by atoms with van der Waals surface area (Å²) < 4.78 is 0. The molecule has 17 heavy (non-hydrogen) atoms. The van der Waals surface area contributed by atoms with Gasteiger partial charge in [-0.05, 0) is 37.4 Å². The molecule has 0 radical (unpaired) electrons. The van der Waals surface area contributed by atoms with Crippen LogP contribution in [0.1, 0.15) is 24.0 Å². The van der Waals surface area contributed by atoms with Gasteiger partial charge in [-0.1, -0.05) is 24.3 Å². The second-order valence-electron chi connectivity index (χ2n) is 5.74. The summed E-state index contributed by atoms with van der Waals surface area (Å²) in [5.74, 6) is 0.482. The Labute approximate surface area is 103 Å². The zero-order valence-corrected chi connectivity index (χ0v) is 10.5. The van der Waals surface area contributed by atoms with E-state index < -0.39 is 5.60 Å². The van der Waals surface area contributed by atoms with Gasteiger partial charge in [0.25, 0.3) is 0 Å². The van der Waals surface area contributed by atoms with Crippen LogP contribution in [-0.2, 0) is 6.42 Å². The van der Waals surface area contributed by atoms with Gasteiger partial charge in [0.05, 0.1) is 5.60 Å². The topological polar surface area (TPSA) is 23.5 Å². The number of aliphatic hydroxyl groups is 1. The third kappa shape index (κ3) is 2.00. The van der Waals surface area contributed by atoms with Crippen LogP contribution in [-0.4, -0.2) is 35.2 Å². The van der Waals surface area contributed by atoms with Crippen molar-refractivity contribution in [2.45, 2.75) is 31.8 Å². The number of nitrogens with zero attached hydrogens (tertiary/aromatic N) is 1. The average Bonchev–Trinajstić information content (AvgIpc) is 2.74. The fourth-order valence-electron chi connectivity index (χ4n) is 3.40. The van der Waals surface area contributed by atoms with Gasteiger partial charge in [0.15, 0.2) is 0 Å². The van der Waals surface area contributed by atoms with E-state index >= 15 is 0 Å². The first kappa shape index (κ1) is 11.2. The Morgan fingerprint density at radius 1 is 1.35 bits per heavy atom. The molecule has 0 aromatic heterocycles. The van der Waals surface area contributed by atoms with Crippen LogP contribution in [0.15, 0.2) is 24.3 Å². The Hall–Kier alpha value is -0.860. The van der Waals surface area contributed by atoms with Crippen molar-refractivity contribution in [3.63, 3.8) is 0 Å². The predicted octanol–water partition coefficient (Wildman–Crippen LogP) is 1.99. The van der Waals surface area contributed by atoms with E-state index in [0.29, 0.717) is 5.92 Å². The molecule has 2 heterocycles. The highest BCUT2D eigenvalue weighted by Crippen LogP contribution is 2.38. The van der Waals surface area contributed by atoms with Gasteiger partial charge >= 0.3 is 0 Å². The minimum atomic E-state index is -0.459. The molecule has 3 atom stereocenters. The third-order valence-corrected chi connectivity index (χ3v) is 4.65. The fraction of sp³-hybridized carbons (Fsp3) is 0.600. The second-order valence-corrected chi connectivity index (χ2v) is 5.74. The molecule has 2 saturated heterocycles. The maximum Gasteiger partial charge on any atom is 0.0740 e. The van der Waals surface area contributed by atoms with Gasteiger partial charge in [-0.25, -0.2) is 0 Å². The molecule has 2 bridgehead atoms. The summed E-state index contributed by atoms with van der Waals surface area (Å²) in [5, 5.41) is 10.9. The van der Waals surface area contributed by atoms with Gasteiger partial charge in [0, 0.05) is 25.4 Å². The van der Waals surface area contributed by atoms with Crippen LogP contribution < -0.4 is 0 Å². The van der Waals surface area contributed by atoms with E-state index in [-0.39, 0.29) is 0 Å². The lowest BCUT2D eigenvalue weighted by atomic mass is 9.77. The van der Waals surface area contributed by atoms with Crippen molar-refractivity contribution < 1.29 is 5.11 Å². The van der Waals surface area contributed by atoms with Crippen molar-refractivity contribution >= 4 is 0 Å². The molecule has 0 saturated carbocycles. The van der Waals surface area contributed by atoms with Gasteiger partial charge < -0.3 is 10.0 Å². The van der Waals surface area contributed by atoms with Crippen LogP contribution in [0, 0.1) is 12.8 Å². The van der Waals surface area contributed by atoms with Gasteiger partial charge in [0.2, 0.25) is 0 Å². The zero-order chi connectivity index (χ0) is 11.9. The van der Waals surface area contributed by atoms with Crippen LogP contribution in [0.25, 0.3) is 0 Å². The normalized spacial score (nSPS) is 36.1. The lowest BCUT2D eigenvalue weighted by Crippen LogP contribution is -2.47. The van der Waals surface area contributed by atoms with Crippen molar-refractivity contribution in [2.75, 3.05) is 19.6 Å². The smallest absolute Gasteiger partial charge is 0.0740 e. The van der Waals surface area contributed by atoms with Gasteiger partial charge in [-0.15, -0.1) is 0 Å². The van der Waals surface area contributed by atoms with Gasteiger partial charge in [-0.2, -0.15) is 0 Å². The fourth-order valence-corrected chi connectivity index (χ4v) is 3.40. The highest BCUT2D eigenvalue weighted by Gasteiger charge is 2.44. The standard InChI is InChI=1S/C15H21NO/c1-12-4-2-3-5-13(12)10-15(17)7-9-16-8-6-14(15)11-16/h2-5,14,17H,6-11H2,1H3. The number of hydrogen-bond acceptors (Lipinski definition) is 2. The number of benzene rings is 1. The summed E-state index contributed by atoms with van der Waals surface area (Å²) in [6.45, 7) is 5.49. The summed E-state index contributed by atoms with van der Waals surface area (Å²) >= 11 is 0. The summed E-state index contributed by atoms with van der Waals surface area (Å²) in [5.41, 5.74) is 2.16. The van der Waals surface area contributed by atoms with Gasteiger partial charge in [0.1, 0.15) is 0 Å². The van der Waals surface area contributed by atoms with Crippen molar-refractivity contribution in [3.05, 3.63) is 35.4 Å². The van der Waals surface area contributed by atoms with Crippen molar-refractivity contribution in [2.24, 2.45) is 5.92 Å². The van der Waals surface area contributed by atoms with E-state index in [1.165, 1.54) is 24.1 Å². The monoisotopic (exact) mass is 231 g/mol. The molecule has 1 N–H and O–H groups in total. The zero-order valence-electron chi connectivity index (χ0n) is 10.5. The summed E-state index contributed by atoms with van der Waals surface area (Å²) in [6, 6.07) is 8.45. The molecule has 0 amide bonds. The second kappa shape index (κ2) is 4.11. The number of fused-ring (bicyclic) bond motifs is 2. The first-order chi connectivity index (χ1) is 8.17. The Kier molecular flexibility index (Phi) is 2.72. The highest BCUT2D eigenvalue weighted by molar-refractivity contribution is 5.27. The van der Waals surface area contributed by atoms with E-state index in [9.17, 15) is 5.11 Å². The average molecular weight is 231 g/mol. The Balaban J connectivity index is 1.82. The maximum atomic E-state index is 10.9. The Morgan fingerprint density at radius 2 is 2.18 bits per heavy atom. The molecule has 1 aromatic carbocycles. The van der Waals surface area contributed by atoms with E-state index in [1.54, 1.807) is 0 Å². The molecule has 2 nitrogen and oxygen atoms in total. The molecule has 92 valence electrons. The molecule has 3 rings (SSSR count). The number of aryl methyl sites for hydroxylation is 1. The quantitative estimate of drug-likeness (QED) is 0.841. The largest absolute Gasteiger partial charge is 0.389 e. The SMILES string of the molecule is Cc1ccccc1CC1(O)CCN2CCC1C2. The Bertz CT molecular complexity index is 417. The molecular weight excluding hydrogens is 210 g/mol. The molecule has 1 aromatic rings. The minimum Gasteiger partial charge on any atom is -0.389 e. The van der Waals surface area contributed by atoms with Crippen molar-refractivity contribution in [3.8, 4) is 0 Å². The first-order valence-electron chi connectivity index (χ1n) is 6.67. The molecule has 0 aliphatic carbocycles. The van der Waals surface area contributed by atoms with Crippen LogP contribution >= 0.6 is 0 Å². The van der Waals surface area contributed by atoms with Crippen LogP contribution in [0.4, 0.5) is 0 Å². The van der Waals surface area contributed by atoms with E-state index in [0.717, 1.165) is 25.9 Å². The van der Waals surface area contributed by atoms with Crippen molar-refractivity contribution in [1.82, 2.24) is 4.90 Å². The molecule has 2 aliphatic rings. The van der Waals surface area contributed by atoms with E-state index in [1.807, 2.05) is 0 Å².